The largest absolute Gasteiger partial charge is 0.497 e. The van der Waals surface area contributed by atoms with E-state index in [1.165, 1.54) is 10.4 Å². The summed E-state index contributed by atoms with van der Waals surface area (Å²) >= 11 is 6.10. The molecule has 0 saturated heterocycles. The summed E-state index contributed by atoms with van der Waals surface area (Å²) in [5.74, 6) is 2.44. The molecule has 1 aliphatic heterocycles. The molecular formula is C25H26ClNO6S. The van der Waals surface area contributed by atoms with Crippen molar-refractivity contribution in [3.8, 4) is 23.0 Å². The summed E-state index contributed by atoms with van der Waals surface area (Å²) in [6, 6.07) is 16.6. The van der Waals surface area contributed by atoms with Gasteiger partial charge in [-0.15, -0.1) is 0 Å². The van der Waals surface area contributed by atoms with Gasteiger partial charge in [0.15, 0.2) is 11.5 Å². The molecule has 0 unspecified atom stereocenters. The molecule has 0 fully saturated rings. The van der Waals surface area contributed by atoms with Crippen molar-refractivity contribution in [3.63, 3.8) is 0 Å². The second kappa shape index (κ2) is 10.1. The average molecular weight is 504 g/mol. The van der Waals surface area contributed by atoms with E-state index in [4.69, 9.17) is 30.5 Å². The molecule has 0 spiro atoms. The third-order valence-electron chi connectivity index (χ3n) is 5.82. The predicted molar refractivity (Wildman–Crippen MR) is 130 cm³/mol. The van der Waals surface area contributed by atoms with Crippen molar-refractivity contribution in [2.24, 2.45) is 0 Å². The standard InChI is InChI=1S/C25H26ClNO6S/c1-30-19-7-9-20(10-8-19)33-16-23-22-15-25(32-3)24(31-2)13-17(22)11-12-27(23)34(28,29)21-6-4-5-18(26)14-21/h4-10,13-15,23H,11-12,16H2,1-3H3/t23-/m1/s1. The quantitative estimate of drug-likeness (QED) is 0.442. The van der Waals surface area contributed by atoms with Gasteiger partial charge >= 0.3 is 0 Å². The van der Waals surface area contributed by atoms with Crippen LogP contribution in [0.5, 0.6) is 23.0 Å². The van der Waals surface area contributed by atoms with E-state index in [9.17, 15) is 8.42 Å². The number of fused-ring (bicyclic) bond motifs is 1. The Balaban J connectivity index is 1.74. The number of halogens is 1. The summed E-state index contributed by atoms with van der Waals surface area (Å²) in [4.78, 5) is 0.137. The van der Waals surface area contributed by atoms with Crippen LogP contribution in [0.2, 0.25) is 5.02 Å². The van der Waals surface area contributed by atoms with Crippen LogP contribution in [0.15, 0.2) is 65.6 Å². The predicted octanol–water partition coefficient (Wildman–Crippen LogP) is 4.73. The van der Waals surface area contributed by atoms with Crippen molar-refractivity contribution in [3.05, 3.63) is 76.8 Å². The van der Waals surface area contributed by atoms with Gasteiger partial charge in [0.05, 0.1) is 32.3 Å². The van der Waals surface area contributed by atoms with Gasteiger partial charge in [0, 0.05) is 11.6 Å². The van der Waals surface area contributed by atoms with Crippen molar-refractivity contribution in [2.45, 2.75) is 17.4 Å². The van der Waals surface area contributed by atoms with E-state index in [1.807, 2.05) is 12.1 Å². The van der Waals surface area contributed by atoms with Gasteiger partial charge in [-0.1, -0.05) is 17.7 Å². The minimum atomic E-state index is -3.85. The highest BCUT2D eigenvalue weighted by atomic mass is 35.5. The summed E-state index contributed by atoms with van der Waals surface area (Å²) in [7, 11) is 0.871. The molecule has 1 atom stereocenters. The molecular weight excluding hydrogens is 478 g/mol. The third-order valence-corrected chi connectivity index (χ3v) is 7.96. The van der Waals surface area contributed by atoms with Crippen LogP contribution in [-0.4, -0.2) is 47.2 Å². The molecule has 0 saturated carbocycles. The minimum absolute atomic E-state index is 0.106. The van der Waals surface area contributed by atoms with E-state index in [-0.39, 0.29) is 18.0 Å². The van der Waals surface area contributed by atoms with Crippen LogP contribution in [0.4, 0.5) is 0 Å². The highest BCUT2D eigenvalue weighted by molar-refractivity contribution is 7.89. The molecule has 0 bridgehead atoms. The lowest BCUT2D eigenvalue weighted by Crippen LogP contribution is -2.42. The zero-order valence-corrected chi connectivity index (χ0v) is 20.7. The van der Waals surface area contributed by atoms with Gasteiger partial charge in [-0.05, 0) is 72.1 Å². The summed E-state index contributed by atoms with van der Waals surface area (Å²) < 4.78 is 51.0. The number of sulfonamides is 1. The van der Waals surface area contributed by atoms with Crippen LogP contribution >= 0.6 is 11.6 Å². The molecule has 0 amide bonds. The normalized spacial score (nSPS) is 15.9. The highest BCUT2D eigenvalue weighted by Gasteiger charge is 2.38. The number of hydrogen-bond donors (Lipinski definition) is 0. The first-order chi connectivity index (χ1) is 16.4. The fourth-order valence-electron chi connectivity index (χ4n) is 4.08. The third kappa shape index (κ3) is 4.80. The zero-order valence-electron chi connectivity index (χ0n) is 19.2. The number of benzene rings is 3. The SMILES string of the molecule is COc1ccc(OC[C@@H]2c3cc(OC)c(OC)cc3CCN2S(=O)(=O)c2cccc(Cl)c2)cc1. The maximum absolute atomic E-state index is 13.7. The van der Waals surface area contributed by atoms with Crippen LogP contribution in [0, 0.1) is 0 Å². The van der Waals surface area contributed by atoms with Gasteiger partial charge in [0.1, 0.15) is 18.1 Å². The summed E-state index contributed by atoms with van der Waals surface area (Å²) in [5, 5.41) is 0.357. The Morgan fingerprint density at radius 3 is 2.24 bits per heavy atom. The van der Waals surface area contributed by atoms with Crippen molar-refractivity contribution >= 4 is 21.6 Å². The molecule has 9 heteroatoms. The van der Waals surface area contributed by atoms with Crippen LogP contribution in [0.25, 0.3) is 0 Å². The lowest BCUT2D eigenvalue weighted by molar-refractivity contribution is 0.196. The van der Waals surface area contributed by atoms with E-state index in [1.54, 1.807) is 63.8 Å². The number of rotatable bonds is 8. The first kappa shape index (κ1) is 24.2. The minimum Gasteiger partial charge on any atom is -0.497 e. The number of hydrogen-bond acceptors (Lipinski definition) is 6. The first-order valence-electron chi connectivity index (χ1n) is 10.7. The Morgan fingerprint density at radius 1 is 0.912 bits per heavy atom. The fourth-order valence-corrected chi connectivity index (χ4v) is 5.97. The second-order valence-corrected chi connectivity index (χ2v) is 10.1. The van der Waals surface area contributed by atoms with Gasteiger partial charge in [0.2, 0.25) is 10.0 Å². The molecule has 7 nitrogen and oxygen atoms in total. The van der Waals surface area contributed by atoms with Crippen LogP contribution < -0.4 is 18.9 Å². The topological polar surface area (TPSA) is 74.3 Å². The van der Waals surface area contributed by atoms with Crippen LogP contribution in [0.1, 0.15) is 17.2 Å². The number of nitrogens with zero attached hydrogens (tertiary/aromatic N) is 1. The maximum Gasteiger partial charge on any atom is 0.243 e. The molecule has 1 aliphatic rings. The van der Waals surface area contributed by atoms with Gasteiger partial charge in [-0.25, -0.2) is 8.42 Å². The van der Waals surface area contributed by atoms with E-state index >= 15 is 0 Å². The van der Waals surface area contributed by atoms with E-state index in [0.717, 1.165) is 11.1 Å². The summed E-state index contributed by atoms with van der Waals surface area (Å²) in [6.07, 6.45) is 0.522. The molecule has 0 radical (unpaired) electrons. The van der Waals surface area contributed by atoms with Gasteiger partial charge in [0.25, 0.3) is 0 Å². The Hall–Kier alpha value is -2.94. The van der Waals surface area contributed by atoms with Crippen LogP contribution in [0.3, 0.4) is 0 Å². The van der Waals surface area contributed by atoms with E-state index in [2.05, 4.69) is 0 Å². The fraction of sp³-hybridized carbons (Fsp3) is 0.280. The monoisotopic (exact) mass is 503 g/mol. The Bertz CT molecular complexity index is 1260. The van der Waals surface area contributed by atoms with Crippen molar-refractivity contribution in [2.75, 3.05) is 34.5 Å². The Morgan fingerprint density at radius 2 is 1.59 bits per heavy atom. The highest BCUT2D eigenvalue weighted by Crippen LogP contribution is 2.40. The van der Waals surface area contributed by atoms with Gasteiger partial charge in [-0.3, -0.25) is 0 Å². The maximum atomic E-state index is 13.7. The molecule has 180 valence electrons. The van der Waals surface area contributed by atoms with Crippen molar-refractivity contribution < 1.29 is 27.4 Å². The molecule has 34 heavy (non-hydrogen) atoms. The molecule has 1 heterocycles. The zero-order chi connectivity index (χ0) is 24.3. The number of ether oxygens (including phenoxy) is 4. The molecule has 0 N–H and O–H groups in total. The smallest absolute Gasteiger partial charge is 0.243 e. The molecule has 4 rings (SSSR count). The lowest BCUT2D eigenvalue weighted by atomic mass is 9.94. The Kier molecular flexibility index (Phi) is 7.21. The second-order valence-electron chi connectivity index (χ2n) is 7.73. The molecule has 0 aliphatic carbocycles. The van der Waals surface area contributed by atoms with Gasteiger partial charge < -0.3 is 18.9 Å². The van der Waals surface area contributed by atoms with E-state index in [0.29, 0.717) is 34.4 Å². The van der Waals surface area contributed by atoms with Crippen LogP contribution in [-0.2, 0) is 16.4 Å². The van der Waals surface area contributed by atoms with Crippen molar-refractivity contribution in [1.29, 1.82) is 0 Å². The average Bonchev–Trinajstić information content (AvgIpc) is 2.86. The van der Waals surface area contributed by atoms with Gasteiger partial charge in [-0.2, -0.15) is 4.31 Å². The van der Waals surface area contributed by atoms with E-state index < -0.39 is 16.1 Å². The summed E-state index contributed by atoms with van der Waals surface area (Å²) in [6.45, 7) is 0.391. The molecule has 0 aromatic heterocycles. The summed E-state index contributed by atoms with van der Waals surface area (Å²) in [5.41, 5.74) is 1.79. The lowest BCUT2D eigenvalue weighted by Gasteiger charge is -2.36. The molecule has 3 aromatic rings. The first-order valence-corrected chi connectivity index (χ1v) is 12.5. The molecule has 3 aromatic carbocycles. The number of methoxy groups -OCH3 is 3. The van der Waals surface area contributed by atoms with Crippen molar-refractivity contribution in [1.82, 2.24) is 4.31 Å². The Labute approximate surface area is 204 Å².